The molecule has 1 amide bonds. The maximum atomic E-state index is 13.9. The lowest BCUT2D eigenvalue weighted by atomic mass is 9.97. The molecule has 6 heteroatoms. The lowest BCUT2D eigenvalue weighted by Crippen LogP contribution is -2.37. The molecule has 1 aliphatic heterocycles. The van der Waals surface area contributed by atoms with Crippen molar-refractivity contribution >= 4 is 16.9 Å². The first-order valence-corrected chi connectivity index (χ1v) is 13.4. The Bertz CT molecular complexity index is 1490. The van der Waals surface area contributed by atoms with Gasteiger partial charge >= 0.3 is 0 Å². The Labute approximate surface area is 223 Å². The minimum Gasteiger partial charge on any atom is -0.489 e. The van der Waals surface area contributed by atoms with Crippen molar-refractivity contribution in [1.29, 1.82) is 0 Å². The van der Waals surface area contributed by atoms with E-state index in [1.165, 1.54) is 0 Å². The number of amides is 1. The van der Waals surface area contributed by atoms with E-state index in [9.17, 15) is 9.59 Å². The molecule has 0 radical (unpaired) electrons. The Hall–Kier alpha value is -3.90. The average Bonchev–Trinajstić information content (AvgIpc) is 3.24. The van der Waals surface area contributed by atoms with Crippen LogP contribution in [-0.2, 0) is 13.0 Å². The molecule has 0 saturated heterocycles. The molecule has 3 aromatic carbocycles. The van der Waals surface area contributed by atoms with Gasteiger partial charge in [-0.1, -0.05) is 69.3 Å². The maximum Gasteiger partial charge on any atom is 0.290 e. The summed E-state index contributed by atoms with van der Waals surface area (Å²) in [5, 5.41) is 0.517. The molecule has 0 spiro atoms. The van der Waals surface area contributed by atoms with Gasteiger partial charge in [0.1, 0.15) is 17.9 Å². The van der Waals surface area contributed by atoms with Crippen LogP contribution in [0, 0.1) is 0 Å². The van der Waals surface area contributed by atoms with Crippen LogP contribution < -0.4 is 10.2 Å². The number of rotatable bonds is 10. The maximum absolute atomic E-state index is 13.9. The second kappa shape index (κ2) is 11.2. The second-order valence-corrected chi connectivity index (χ2v) is 9.63. The van der Waals surface area contributed by atoms with E-state index >= 15 is 0 Å². The molecule has 6 nitrogen and oxygen atoms in total. The van der Waals surface area contributed by atoms with Gasteiger partial charge in [0.25, 0.3) is 5.91 Å². The van der Waals surface area contributed by atoms with Crippen molar-refractivity contribution in [2.24, 2.45) is 0 Å². The zero-order valence-corrected chi connectivity index (χ0v) is 22.3. The van der Waals surface area contributed by atoms with Crippen molar-refractivity contribution in [3.63, 3.8) is 0 Å². The Kier molecular flexibility index (Phi) is 7.61. The molecule has 196 valence electrons. The van der Waals surface area contributed by atoms with Crippen LogP contribution >= 0.6 is 0 Å². The van der Waals surface area contributed by atoms with Gasteiger partial charge in [-0.25, -0.2) is 0 Å². The van der Waals surface area contributed by atoms with E-state index in [0.717, 1.165) is 36.2 Å². The summed E-state index contributed by atoms with van der Waals surface area (Å²) in [6.45, 7) is 9.68. The molecule has 1 atom stereocenters. The monoisotopic (exact) mass is 510 g/mol. The summed E-state index contributed by atoms with van der Waals surface area (Å²) < 4.78 is 12.2. The number of carbonyl (C=O) groups excluding carboxylic acids is 1. The van der Waals surface area contributed by atoms with Crippen molar-refractivity contribution < 1.29 is 13.9 Å². The van der Waals surface area contributed by atoms with Crippen LogP contribution in [0.1, 0.15) is 59.6 Å². The number of nitrogens with zero attached hydrogens (tertiary/aromatic N) is 2. The smallest absolute Gasteiger partial charge is 0.290 e. The van der Waals surface area contributed by atoms with Crippen LogP contribution in [0.25, 0.3) is 11.0 Å². The van der Waals surface area contributed by atoms with Gasteiger partial charge in [-0.15, -0.1) is 0 Å². The average molecular weight is 511 g/mol. The Morgan fingerprint density at radius 1 is 0.895 bits per heavy atom. The molecule has 0 aliphatic carbocycles. The molecule has 2 heterocycles. The fourth-order valence-electron chi connectivity index (χ4n) is 5.17. The summed E-state index contributed by atoms with van der Waals surface area (Å²) in [5.74, 6) is 0.590. The van der Waals surface area contributed by atoms with Crippen LogP contribution in [-0.4, -0.2) is 41.9 Å². The Morgan fingerprint density at radius 2 is 1.68 bits per heavy atom. The van der Waals surface area contributed by atoms with Gasteiger partial charge in [0.15, 0.2) is 5.43 Å². The van der Waals surface area contributed by atoms with Crippen molar-refractivity contribution in [3.05, 3.63) is 111 Å². The quantitative estimate of drug-likeness (QED) is 0.269. The zero-order chi connectivity index (χ0) is 26.6. The molecular weight excluding hydrogens is 476 g/mol. The highest BCUT2D eigenvalue weighted by molar-refractivity contribution is 5.99. The molecule has 1 aliphatic rings. The molecule has 0 bridgehead atoms. The van der Waals surface area contributed by atoms with Gasteiger partial charge in [0, 0.05) is 13.1 Å². The lowest BCUT2D eigenvalue weighted by molar-refractivity contribution is 0.0708. The number of ether oxygens (including phenoxy) is 1. The topological polar surface area (TPSA) is 63.0 Å². The lowest BCUT2D eigenvalue weighted by Gasteiger charge is -2.28. The van der Waals surface area contributed by atoms with Crippen LogP contribution in [0.4, 0.5) is 0 Å². The fourth-order valence-corrected chi connectivity index (χ4v) is 5.17. The predicted octanol–water partition coefficient (Wildman–Crippen LogP) is 5.82. The minimum absolute atomic E-state index is 0.143. The van der Waals surface area contributed by atoms with Crippen LogP contribution in [0.5, 0.6) is 5.75 Å². The van der Waals surface area contributed by atoms with E-state index in [1.807, 2.05) is 66.7 Å². The van der Waals surface area contributed by atoms with Gasteiger partial charge in [0.2, 0.25) is 5.76 Å². The molecule has 0 fully saturated rings. The van der Waals surface area contributed by atoms with E-state index in [2.05, 4.69) is 25.7 Å². The Balaban J connectivity index is 1.57. The third kappa shape index (κ3) is 4.96. The number of hydrogen-bond acceptors (Lipinski definition) is 5. The van der Waals surface area contributed by atoms with E-state index in [4.69, 9.17) is 9.15 Å². The molecule has 1 aromatic heterocycles. The zero-order valence-electron chi connectivity index (χ0n) is 22.3. The van der Waals surface area contributed by atoms with Crippen molar-refractivity contribution in [2.45, 2.75) is 39.8 Å². The number of fused-ring (bicyclic) bond motifs is 2. The van der Waals surface area contributed by atoms with Crippen LogP contribution in [0.3, 0.4) is 0 Å². The summed E-state index contributed by atoms with van der Waals surface area (Å²) in [6.07, 6.45) is 0.811. The number of aryl methyl sites for hydroxylation is 1. The SMILES string of the molecule is CCc1ccc2oc3c(c(=O)c2c1)C(c1cccc(OCc2ccccc2)c1)N(CCN(CC)CC)C3=O. The van der Waals surface area contributed by atoms with Crippen LogP contribution in [0.15, 0.2) is 82.0 Å². The molecule has 1 unspecified atom stereocenters. The summed E-state index contributed by atoms with van der Waals surface area (Å²) in [7, 11) is 0. The predicted molar refractivity (Wildman–Crippen MR) is 150 cm³/mol. The number of benzene rings is 3. The minimum atomic E-state index is -0.542. The van der Waals surface area contributed by atoms with E-state index in [-0.39, 0.29) is 17.1 Å². The fraction of sp³-hybridized carbons (Fsp3) is 0.312. The third-order valence-corrected chi connectivity index (χ3v) is 7.41. The first kappa shape index (κ1) is 25.7. The summed E-state index contributed by atoms with van der Waals surface area (Å²) in [5.41, 5.74) is 3.68. The number of carbonyl (C=O) groups is 1. The highest BCUT2D eigenvalue weighted by atomic mass is 16.5. The first-order chi connectivity index (χ1) is 18.5. The highest BCUT2D eigenvalue weighted by Crippen LogP contribution is 2.39. The summed E-state index contributed by atoms with van der Waals surface area (Å²) in [6, 6.07) is 22.8. The van der Waals surface area contributed by atoms with Crippen molar-refractivity contribution in [1.82, 2.24) is 9.80 Å². The third-order valence-electron chi connectivity index (χ3n) is 7.41. The van der Waals surface area contributed by atoms with E-state index in [1.54, 1.807) is 11.0 Å². The molecule has 4 aromatic rings. The van der Waals surface area contributed by atoms with E-state index in [0.29, 0.717) is 42.0 Å². The molecule has 38 heavy (non-hydrogen) atoms. The second-order valence-electron chi connectivity index (χ2n) is 9.63. The van der Waals surface area contributed by atoms with Crippen LogP contribution in [0.2, 0.25) is 0 Å². The summed E-state index contributed by atoms with van der Waals surface area (Å²) in [4.78, 5) is 31.7. The van der Waals surface area contributed by atoms with Gasteiger partial charge in [-0.2, -0.15) is 0 Å². The van der Waals surface area contributed by atoms with Gasteiger partial charge in [-0.05, 0) is 60.5 Å². The van der Waals surface area contributed by atoms with Gasteiger partial charge < -0.3 is 19.0 Å². The van der Waals surface area contributed by atoms with Gasteiger partial charge in [0.05, 0.1) is 17.0 Å². The van der Waals surface area contributed by atoms with Crippen molar-refractivity contribution in [2.75, 3.05) is 26.2 Å². The molecule has 0 saturated carbocycles. The highest BCUT2D eigenvalue weighted by Gasteiger charge is 2.42. The largest absolute Gasteiger partial charge is 0.489 e. The number of likely N-dealkylation sites (N-methyl/N-ethyl adjacent to an activating group) is 1. The van der Waals surface area contributed by atoms with Gasteiger partial charge in [-0.3, -0.25) is 9.59 Å². The first-order valence-electron chi connectivity index (χ1n) is 13.4. The normalized spacial score (nSPS) is 14.9. The molecule has 0 N–H and O–H groups in total. The molecular formula is C32H34N2O4. The Morgan fingerprint density at radius 3 is 2.42 bits per heavy atom. The molecule has 5 rings (SSSR count). The number of hydrogen-bond donors (Lipinski definition) is 0. The standard InChI is InChI=1S/C32H34N2O4/c1-4-22-15-16-27-26(19-22)30(35)28-29(34(32(36)31(28)38-27)18-17-33(5-2)6-3)24-13-10-14-25(20-24)37-21-23-11-8-7-9-12-23/h7-16,19-20,29H,4-6,17-18,21H2,1-3H3. The summed E-state index contributed by atoms with van der Waals surface area (Å²) >= 11 is 0. The van der Waals surface area contributed by atoms with E-state index < -0.39 is 6.04 Å². The van der Waals surface area contributed by atoms with Crippen molar-refractivity contribution in [3.8, 4) is 5.75 Å².